The van der Waals surface area contributed by atoms with Gasteiger partial charge in [-0.05, 0) is 54.9 Å². The maximum absolute atomic E-state index is 13.9. The van der Waals surface area contributed by atoms with E-state index in [2.05, 4.69) is 0 Å². The quantitative estimate of drug-likeness (QED) is 0.380. The largest absolute Gasteiger partial charge is 0.493 e. The van der Waals surface area contributed by atoms with E-state index < -0.39 is 0 Å². The van der Waals surface area contributed by atoms with Gasteiger partial charge in [0, 0.05) is 18.7 Å². The van der Waals surface area contributed by atoms with Crippen LogP contribution in [-0.4, -0.2) is 41.0 Å². The second-order valence-corrected chi connectivity index (χ2v) is 9.02. The molecule has 1 saturated carbocycles. The van der Waals surface area contributed by atoms with E-state index in [1.165, 1.54) is 19.6 Å². The molecule has 0 unspecified atom stereocenters. The molecule has 1 heterocycles. The monoisotopic (exact) mass is 488 g/mol. The summed E-state index contributed by atoms with van der Waals surface area (Å²) < 4.78 is 25.2. The Bertz CT molecular complexity index is 1100. The summed E-state index contributed by atoms with van der Waals surface area (Å²) >= 11 is 12.1. The molecule has 1 amide bonds. The zero-order valence-electron chi connectivity index (χ0n) is 18.6. The lowest BCUT2D eigenvalue weighted by molar-refractivity contribution is -0.124. The Balaban J connectivity index is 1.59. The summed E-state index contributed by atoms with van der Waals surface area (Å²) in [4.78, 5) is 16.7. The Morgan fingerprint density at radius 1 is 1.21 bits per heavy atom. The number of likely N-dealkylation sites (N-methyl/N-ethyl adjacent to an activating group) is 1. The summed E-state index contributed by atoms with van der Waals surface area (Å²) in [5.74, 6) is 0.264. The van der Waals surface area contributed by atoms with Crippen LogP contribution in [0.15, 0.2) is 42.1 Å². The number of benzene rings is 2. The van der Waals surface area contributed by atoms with Crippen LogP contribution in [0.1, 0.15) is 43.2 Å². The predicted molar refractivity (Wildman–Crippen MR) is 131 cm³/mol. The average molecular weight is 489 g/mol. The molecule has 1 aliphatic heterocycles. The number of hydrogen-bond acceptors (Lipinski definition) is 4. The number of rotatable bonds is 6. The smallest absolute Gasteiger partial charge is 0.277 e. The van der Waals surface area contributed by atoms with Crippen molar-refractivity contribution in [1.82, 2.24) is 9.80 Å². The number of thiocarbonyl (C=S) groups is 1. The second-order valence-electron chi connectivity index (χ2n) is 8.25. The molecule has 2 aliphatic rings. The predicted octanol–water partition coefficient (Wildman–Crippen LogP) is 5.80. The zero-order chi connectivity index (χ0) is 23.5. The van der Waals surface area contributed by atoms with Crippen LogP contribution in [0, 0.1) is 5.82 Å². The summed E-state index contributed by atoms with van der Waals surface area (Å²) in [5, 5.41) is 0.832. The summed E-state index contributed by atoms with van der Waals surface area (Å²) in [6, 6.07) is 9.98. The van der Waals surface area contributed by atoms with Gasteiger partial charge in [0.2, 0.25) is 0 Å². The highest BCUT2D eigenvalue weighted by Crippen LogP contribution is 2.38. The van der Waals surface area contributed by atoms with E-state index in [1.807, 2.05) is 0 Å². The van der Waals surface area contributed by atoms with Gasteiger partial charge in [-0.15, -0.1) is 0 Å². The van der Waals surface area contributed by atoms with Crippen molar-refractivity contribution >= 4 is 40.9 Å². The number of hydrogen-bond donors (Lipinski definition) is 0. The van der Waals surface area contributed by atoms with Crippen molar-refractivity contribution in [3.05, 3.63) is 64.1 Å². The van der Waals surface area contributed by atoms with Crippen LogP contribution in [0.25, 0.3) is 6.08 Å². The van der Waals surface area contributed by atoms with E-state index in [9.17, 15) is 9.18 Å². The number of ether oxygens (including phenoxy) is 2. The van der Waals surface area contributed by atoms with Crippen LogP contribution >= 0.6 is 23.8 Å². The Morgan fingerprint density at radius 3 is 2.64 bits per heavy atom. The van der Waals surface area contributed by atoms with E-state index in [4.69, 9.17) is 33.3 Å². The van der Waals surface area contributed by atoms with Crippen LogP contribution in [0.2, 0.25) is 5.02 Å². The van der Waals surface area contributed by atoms with Gasteiger partial charge in [-0.2, -0.15) is 0 Å². The minimum atomic E-state index is -0.352. The van der Waals surface area contributed by atoms with Crippen molar-refractivity contribution in [1.29, 1.82) is 0 Å². The topological polar surface area (TPSA) is 42.0 Å². The molecular weight excluding hydrogens is 463 g/mol. The number of carbonyl (C=O) groups is 1. The van der Waals surface area contributed by atoms with Crippen LogP contribution < -0.4 is 9.47 Å². The lowest BCUT2D eigenvalue weighted by Crippen LogP contribution is -2.41. The van der Waals surface area contributed by atoms with Gasteiger partial charge >= 0.3 is 0 Å². The van der Waals surface area contributed by atoms with Gasteiger partial charge in [0.05, 0.1) is 12.1 Å². The molecule has 1 aliphatic carbocycles. The van der Waals surface area contributed by atoms with Gasteiger partial charge in [0.15, 0.2) is 16.6 Å². The Morgan fingerprint density at radius 2 is 1.94 bits per heavy atom. The molecule has 0 atom stereocenters. The first-order valence-electron chi connectivity index (χ1n) is 11.0. The number of carbonyl (C=O) groups excluding carboxylic acids is 1. The van der Waals surface area contributed by atoms with Crippen LogP contribution in [0.4, 0.5) is 4.39 Å². The standard InChI is InChI=1S/C25H26ClFN2O3S/c1-28-21(24(30)29(25(28)33)18-9-4-3-5-10-18)13-16-12-19(26)23(22(14-16)31-2)32-15-17-8-6-7-11-20(17)27/h6-8,11-14,18H,3-5,9-10,15H2,1-2H3/b21-13-. The summed E-state index contributed by atoms with van der Waals surface area (Å²) in [6.07, 6.45) is 7.13. The molecule has 1 saturated heterocycles. The SMILES string of the molecule is COc1cc(/C=C2/C(=O)N(C3CCCCC3)C(=S)N2C)cc(Cl)c1OCc1ccccc1F. The van der Waals surface area contributed by atoms with Crippen molar-refractivity contribution in [2.75, 3.05) is 14.2 Å². The van der Waals surface area contributed by atoms with Gasteiger partial charge < -0.3 is 14.4 Å². The van der Waals surface area contributed by atoms with Crippen LogP contribution in [-0.2, 0) is 11.4 Å². The fourth-order valence-corrected chi connectivity index (χ4v) is 4.93. The van der Waals surface area contributed by atoms with Crippen LogP contribution in [0.5, 0.6) is 11.5 Å². The van der Waals surface area contributed by atoms with Gasteiger partial charge in [-0.1, -0.05) is 49.1 Å². The van der Waals surface area contributed by atoms with Crippen molar-refractivity contribution in [2.24, 2.45) is 0 Å². The molecule has 8 heteroatoms. The molecule has 0 aromatic heterocycles. The number of methoxy groups -OCH3 is 1. The Labute approximate surface area is 203 Å². The number of amides is 1. The van der Waals surface area contributed by atoms with Gasteiger partial charge in [0.1, 0.15) is 18.1 Å². The maximum Gasteiger partial charge on any atom is 0.277 e. The minimum Gasteiger partial charge on any atom is -0.493 e. The first-order chi connectivity index (χ1) is 15.9. The molecular formula is C25H26ClFN2O3S. The van der Waals surface area contributed by atoms with E-state index in [0.717, 1.165) is 25.7 Å². The molecule has 0 spiro atoms. The Kier molecular flexibility index (Phi) is 7.20. The van der Waals surface area contributed by atoms with Gasteiger partial charge in [-0.25, -0.2) is 4.39 Å². The van der Waals surface area contributed by atoms with E-state index in [1.54, 1.807) is 53.3 Å². The van der Waals surface area contributed by atoms with E-state index >= 15 is 0 Å². The fourth-order valence-electron chi connectivity index (χ4n) is 4.32. The highest BCUT2D eigenvalue weighted by molar-refractivity contribution is 7.80. The summed E-state index contributed by atoms with van der Waals surface area (Å²) in [7, 11) is 3.31. The van der Waals surface area contributed by atoms with Crippen molar-refractivity contribution < 1.29 is 18.7 Å². The lowest BCUT2D eigenvalue weighted by atomic mass is 9.94. The van der Waals surface area contributed by atoms with E-state index in [0.29, 0.717) is 38.5 Å². The molecule has 5 nitrogen and oxygen atoms in total. The van der Waals surface area contributed by atoms with Crippen molar-refractivity contribution in [3.63, 3.8) is 0 Å². The second kappa shape index (κ2) is 10.1. The fraction of sp³-hybridized carbons (Fsp3) is 0.360. The molecule has 2 aromatic carbocycles. The van der Waals surface area contributed by atoms with E-state index in [-0.39, 0.29) is 24.4 Å². The number of nitrogens with zero attached hydrogens (tertiary/aromatic N) is 2. The third-order valence-corrected chi connectivity index (χ3v) is 6.87. The molecule has 2 fully saturated rings. The highest BCUT2D eigenvalue weighted by Gasteiger charge is 2.40. The minimum absolute atomic E-state index is 0.00896. The maximum atomic E-state index is 13.9. The number of halogens is 2. The molecule has 2 aromatic rings. The first-order valence-corrected chi connectivity index (χ1v) is 11.8. The summed E-state index contributed by atoms with van der Waals surface area (Å²) in [6.45, 7) is 0.00896. The van der Waals surface area contributed by atoms with Gasteiger partial charge in [0.25, 0.3) is 5.91 Å². The Hall–Kier alpha value is -2.64. The third-order valence-electron chi connectivity index (χ3n) is 6.12. The van der Waals surface area contributed by atoms with Crippen molar-refractivity contribution in [2.45, 2.75) is 44.8 Å². The average Bonchev–Trinajstić information content (AvgIpc) is 3.02. The third kappa shape index (κ3) is 4.84. The molecule has 0 radical (unpaired) electrons. The first kappa shape index (κ1) is 23.5. The molecule has 4 rings (SSSR count). The molecule has 0 bridgehead atoms. The molecule has 33 heavy (non-hydrogen) atoms. The normalized spacial score (nSPS) is 18.4. The van der Waals surface area contributed by atoms with Gasteiger partial charge in [-0.3, -0.25) is 9.69 Å². The van der Waals surface area contributed by atoms with Crippen molar-refractivity contribution in [3.8, 4) is 11.5 Å². The highest BCUT2D eigenvalue weighted by atomic mass is 35.5. The van der Waals surface area contributed by atoms with Crippen LogP contribution in [0.3, 0.4) is 0 Å². The zero-order valence-corrected chi connectivity index (χ0v) is 20.2. The lowest BCUT2D eigenvalue weighted by Gasteiger charge is -2.30. The molecule has 0 N–H and O–H groups in total. The molecule has 174 valence electrons. The summed E-state index contributed by atoms with van der Waals surface area (Å²) in [5.41, 5.74) is 1.58.